The van der Waals surface area contributed by atoms with E-state index in [2.05, 4.69) is 5.32 Å². The molecule has 0 saturated carbocycles. The normalized spacial score (nSPS) is 12.3. The number of hydrogen-bond donors (Lipinski definition) is 1. The highest BCUT2D eigenvalue weighted by Crippen LogP contribution is 2.22. The maximum Gasteiger partial charge on any atom is 0.243 e. The Labute approximate surface area is 216 Å². The average Bonchev–Trinajstić information content (AvgIpc) is 2.74. The van der Waals surface area contributed by atoms with E-state index in [1.54, 1.807) is 4.90 Å². The maximum atomic E-state index is 13.5. The second kappa shape index (κ2) is 12.9. The van der Waals surface area contributed by atoms with Gasteiger partial charge in [0.15, 0.2) is 0 Å². The molecule has 2 aromatic rings. The van der Waals surface area contributed by atoms with E-state index in [9.17, 15) is 18.0 Å². The first kappa shape index (κ1) is 29.4. The Balaban J connectivity index is 2.24. The molecular weight excluding hydrogens is 474 g/mol. The van der Waals surface area contributed by atoms with Gasteiger partial charge in [0.1, 0.15) is 6.04 Å². The molecule has 0 spiro atoms. The third-order valence-electron chi connectivity index (χ3n) is 5.90. The lowest BCUT2D eigenvalue weighted by atomic mass is 10.1. The molecule has 0 saturated heterocycles. The predicted octanol–water partition coefficient (Wildman–Crippen LogP) is 4.49. The van der Waals surface area contributed by atoms with Gasteiger partial charge in [0.25, 0.3) is 0 Å². The monoisotopic (exact) mass is 515 g/mol. The van der Waals surface area contributed by atoms with Gasteiger partial charge in [-0.15, -0.1) is 0 Å². The third-order valence-corrected chi connectivity index (χ3v) is 7.09. The predicted molar refractivity (Wildman–Crippen MR) is 146 cm³/mol. The first-order valence-electron chi connectivity index (χ1n) is 12.5. The van der Waals surface area contributed by atoms with Crippen LogP contribution in [-0.2, 0) is 26.2 Å². The Hall–Kier alpha value is -2.87. The number of carbonyl (C=O) groups is 2. The quantitative estimate of drug-likeness (QED) is 0.451. The summed E-state index contributed by atoms with van der Waals surface area (Å²) in [5, 5.41) is 2.93. The zero-order valence-corrected chi connectivity index (χ0v) is 23.5. The van der Waals surface area contributed by atoms with Crippen LogP contribution in [0.3, 0.4) is 0 Å². The second-order valence-corrected chi connectivity index (χ2v) is 11.8. The van der Waals surface area contributed by atoms with Gasteiger partial charge in [0.05, 0.1) is 11.9 Å². The summed E-state index contributed by atoms with van der Waals surface area (Å²) >= 11 is 0. The number of nitrogens with zero attached hydrogens (tertiary/aromatic N) is 2. The van der Waals surface area contributed by atoms with Gasteiger partial charge in [0.2, 0.25) is 21.8 Å². The standard InChI is InChI=1S/C28H41N3O4S/c1-8-26(28(33)29-20(2)3)30(19-24-12-9-11-21(4)16-24)27(32)13-10-14-31(36(7,34)35)25-17-22(5)15-23(6)18-25/h9,11-12,15-18,20,26H,8,10,13-14,19H2,1-7H3,(H,29,33)/t26-/m1/s1. The summed E-state index contributed by atoms with van der Waals surface area (Å²) in [5.41, 5.74) is 4.58. The fourth-order valence-corrected chi connectivity index (χ4v) is 5.36. The van der Waals surface area contributed by atoms with Gasteiger partial charge < -0.3 is 10.2 Å². The highest BCUT2D eigenvalue weighted by atomic mass is 32.2. The van der Waals surface area contributed by atoms with E-state index in [1.807, 2.05) is 84.0 Å². The number of anilines is 1. The van der Waals surface area contributed by atoms with Crippen LogP contribution in [0.5, 0.6) is 0 Å². The summed E-state index contributed by atoms with van der Waals surface area (Å²) in [6, 6.07) is 12.9. The van der Waals surface area contributed by atoms with Crippen molar-refractivity contribution in [3.8, 4) is 0 Å². The van der Waals surface area contributed by atoms with Crippen molar-refractivity contribution in [1.29, 1.82) is 0 Å². The molecule has 8 heteroatoms. The first-order chi connectivity index (χ1) is 16.8. The van der Waals surface area contributed by atoms with Gasteiger partial charge in [-0.3, -0.25) is 13.9 Å². The molecule has 0 unspecified atom stereocenters. The van der Waals surface area contributed by atoms with Crippen LogP contribution < -0.4 is 9.62 Å². The third kappa shape index (κ3) is 8.66. The van der Waals surface area contributed by atoms with E-state index in [-0.39, 0.29) is 30.8 Å². The Morgan fingerprint density at radius 2 is 1.61 bits per heavy atom. The lowest BCUT2D eigenvalue weighted by molar-refractivity contribution is -0.141. The number of benzene rings is 2. The number of nitrogens with one attached hydrogen (secondary N) is 1. The van der Waals surface area contributed by atoms with Gasteiger partial charge in [-0.25, -0.2) is 8.42 Å². The molecule has 7 nitrogen and oxygen atoms in total. The van der Waals surface area contributed by atoms with Crippen LogP contribution in [-0.4, -0.2) is 50.0 Å². The number of rotatable bonds is 12. The van der Waals surface area contributed by atoms with Crippen molar-refractivity contribution in [2.75, 3.05) is 17.1 Å². The highest BCUT2D eigenvalue weighted by molar-refractivity contribution is 7.92. The molecule has 0 aliphatic carbocycles. The van der Waals surface area contributed by atoms with Crippen molar-refractivity contribution in [1.82, 2.24) is 10.2 Å². The number of aryl methyl sites for hydroxylation is 3. The number of amides is 2. The van der Waals surface area contributed by atoms with Crippen molar-refractivity contribution in [3.63, 3.8) is 0 Å². The van der Waals surface area contributed by atoms with Crippen LogP contribution in [0.2, 0.25) is 0 Å². The second-order valence-electron chi connectivity index (χ2n) is 9.88. The number of hydrogen-bond acceptors (Lipinski definition) is 4. The zero-order chi connectivity index (χ0) is 27.0. The molecular formula is C28H41N3O4S. The summed E-state index contributed by atoms with van der Waals surface area (Å²) in [7, 11) is -3.53. The summed E-state index contributed by atoms with van der Waals surface area (Å²) in [4.78, 5) is 28.1. The molecule has 0 bridgehead atoms. The molecule has 0 aliphatic heterocycles. The lowest BCUT2D eigenvalue weighted by Gasteiger charge is -2.31. The van der Waals surface area contributed by atoms with Gasteiger partial charge in [-0.05, 0) is 76.3 Å². The number of sulfonamides is 1. The van der Waals surface area contributed by atoms with Crippen LogP contribution in [0.4, 0.5) is 5.69 Å². The minimum atomic E-state index is -3.53. The summed E-state index contributed by atoms with van der Waals surface area (Å²) < 4.78 is 26.5. The van der Waals surface area contributed by atoms with Gasteiger partial charge in [0, 0.05) is 25.6 Å². The van der Waals surface area contributed by atoms with E-state index in [1.165, 1.54) is 10.6 Å². The van der Waals surface area contributed by atoms with E-state index >= 15 is 0 Å². The molecule has 36 heavy (non-hydrogen) atoms. The first-order valence-corrected chi connectivity index (χ1v) is 14.4. The molecule has 0 aromatic heterocycles. The molecule has 0 radical (unpaired) electrons. The molecule has 0 fully saturated rings. The van der Waals surface area contributed by atoms with Crippen LogP contribution in [0, 0.1) is 20.8 Å². The molecule has 2 aromatic carbocycles. The van der Waals surface area contributed by atoms with Gasteiger partial charge in [-0.1, -0.05) is 42.8 Å². The van der Waals surface area contributed by atoms with Crippen molar-refractivity contribution < 1.29 is 18.0 Å². The van der Waals surface area contributed by atoms with Gasteiger partial charge >= 0.3 is 0 Å². The van der Waals surface area contributed by atoms with E-state index in [0.29, 0.717) is 25.1 Å². The Kier molecular flexibility index (Phi) is 10.5. The molecule has 2 amide bonds. The van der Waals surface area contributed by atoms with E-state index in [4.69, 9.17) is 0 Å². The summed E-state index contributed by atoms with van der Waals surface area (Å²) in [6.45, 7) is 12.0. The SMILES string of the molecule is CC[C@H](C(=O)NC(C)C)N(Cc1cccc(C)c1)C(=O)CCCN(c1cc(C)cc(C)c1)S(C)(=O)=O. The number of carbonyl (C=O) groups excluding carboxylic acids is 2. The lowest BCUT2D eigenvalue weighted by Crippen LogP contribution is -2.50. The van der Waals surface area contributed by atoms with Crippen molar-refractivity contribution in [3.05, 3.63) is 64.7 Å². The smallest absolute Gasteiger partial charge is 0.243 e. The fourth-order valence-electron chi connectivity index (χ4n) is 4.41. The molecule has 0 aliphatic rings. The fraction of sp³-hybridized carbons (Fsp3) is 0.500. The summed E-state index contributed by atoms with van der Waals surface area (Å²) in [5.74, 6) is -0.349. The van der Waals surface area contributed by atoms with Crippen LogP contribution >= 0.6 is 0 Å². The molecule has 198 valence electrons. The largest absolute Gasteiger partial charge is 0.352 e. The maximum absolute atomic E-state index is 13.5. The molecule has 2 rings (SSSR count). The molecule has 1 atom stereocenters. The highest BCUT2D eigenvalue weighted by Gasteiger charge is 2.29. The Bertz CT molecular complexity index is 1140. The Morgan fingerprint density at radius 3 is 2.14 bits per heavy atom. The van der Waals surface area contributed by atoms with E-state index < -0.39 is 16.1 Å². The zero-order valence-electron chi connectivity index (χ0n) is 22.7. The molecule has 1 N–H and O–H groups in total. The van der Waals surface area contributed by atoms with Crippen LogP contribution in [0.1, 0.15) is 62.3 Å². The Morgan fingerprint density at radius 1 is 0.972 bits per heavy atom. The average molecular weight is 516 g/mol. The van der Waals surface area contributed by atoms with Crippen LogP contribution in [0.25, 0.3) is 0 Å². The van der Waals surface area contributed by atoms with Crippen molar-refractivity contribution in [2.24, 2.45) is 0 Å². The minimum absolute atomic E-state index is 0.0384. The summed E-state index contributed by atoms with van der Waals surface area (Å²) in [6.07, 6.45) is 2.13. The van der Waals surface area contributed by atoms with Crippen LogP contribution in [0.15, 0.2) is 42.5 Å². The molecule has 0 heterocycles. The minimum Gasteiger partial charge on any atom is -0.352 e. The topological polar surface area (TPSA) is 86.8 Å². The van der Waals surface area contributed by atoms with Gasteiger partial charge in [-0.2, -0.15) is 0 Å². The van der Waals surface area contributed by atoms with Crippen molar-refractivity contribution in [2.45, 2.75) is 79.4 Å². The van der Waals surface area contributed by atoms with Crippen molar-refractivity contribution >= 4 is 27.5 Å². The van der Waals surface area contributed by atoms with E-state index in [0.717, 1.165) is 22.3 Å².